The quantitative estimate of drug-likeness (QED) is 0.615. The van der Waals surface area contributed by atoms with Gasteiger partial charge in [-0.25, -0.2) is 0 Å². The van der Waals surface area contributed by atoms with E-state index in [9.17, 15) is 0 Å². The van der Waals surface area contributed by atoms with Gasteiger partial charge in [0.25, 0.3) is 0 Å². The number of likely N-dealkylation sites (N-methyl/N-ethyl adjacent to an activating group) is 1. The average Bonchev–Trinajstić information content (AvgIpc) is 1.89. The molecule has 0 amide bonds. The van der Waals surface area contributed by atoms with Gasteiger partial charge in [0, 0.05) is 25.7 Å². The van der Waals surface area contributed by atoms with Crippen LogP contribution < -0.4 is 5.32 Å². The van der Waals surface area contributed by atoms with Gasteiger partial charge >= 0.3 is 0 Å². The second kappa shape index (κ2) is 4.94. The van der Waals surface area contributed by atoms with E-state index in [4.69, 9.17) is 0 Å². The van der Waals surface area contributed by atoms with E-state index in [-0.39, 0.29) is 12.4 Å². The summed E-state index contributed by atoms with van der Waals surface area (Å²) in [7, 11) is 2.20. The largest absolute Gasteiger partial charge is 0.314 e. The Kier molecular flexibility index (Phi) is 5.04. The first kappa shape index (κ1) is 10.2. The molecule has 1 aliphatic rings. The molecule has 0 bridgehead atoms. The maximum Gasteiger partial charge on any atom is 0.0215 e. The van der Waals surface area contributed by atoms with Crippen molar-refractivity contribution in [3.63, 3.8) is 0 Å². The van der Waals surface area contributed by atoms with Crippen molar-refractivity contribution < 1.29 is 0 Å². The molecule has 62 valence electrons. The number of nitrogens with one attached hydrogen (secondary N) is 1. The number of halogens is 1. The molecule has 0 aromatic rings. The molecule has 0 saturated carbocycles. The second-order valence-electron chi connectivity index (χ2n) is 2.75. The van der Waals surface area contributed by atoms with Crippen molar-refractivity contribution in [3.05, 3.63) is 0 Å². The Bertz CT molecular complexity index is 87.7. The van der Waals surface area contributed by atoms with Crippen LogP contribution in [-0.4, -0.2) is 37.6 Å². The minimum atomic E-state index is 0. The van der Waals surface area contributed by atoms with Gasteiger partial charge in [0.15, 0.2) is 0 Å². The predicted molar refractivity (Wildman–Crippen MR) is 46.8 cm³/mol. The van der Waals surface area contributed by atoms with E-state index in [2.05, 4.69) is 24.2 Å². The molecule has 10 heavy (non-hydrogen) atoms. The third-order valence-electron chi connectivity index (χ3n) is 2.12. The van der Waals surface area contributed by atoms with Crippen LogP contribution in [0.3, 0.4) is 0 Å². The molecule has 1 aliphatic heterocycles. The molecule has 1 fully saturated rings. The zero-order valence-corrected chi connectivity index (χ0v) is 7.58. The van der Waals surface area contributed by atoms with Gasteiger partial charge in [-0.1, -0.05) is 6.92 Å². The minimum absolute atomic E-state index is 0. The molecule has 0 aliphatic carbocycles. The molecular formula is C7H17ClN2. The van der Waals surface area contributed by atoms with Crippen LogP contribution in [0, 0.1) is 0 Å². The molecule has 0 spiro atoms. The fraction of sp³-hybridized carbons (Fsp3) is 1.00. The van der Waals surface area contributed by atoms with Crippen molar-refractivity contribution in [2.75, 3.05) is 26.7 Å². The molecule has 2 nitrogen and oxygen atoms in total. The molecule has 1 saturated heterocycles. The van der Waals surface area contributed by atoms with E-state index < -0.39 is 0 Å². The van der Waals surface area contributed by atoms with E-state index in [1.54, 1.807) is 0 Å². The van der Waals surface area contributed by atoms with Crippen molar-refractivity contribution in [3.8, 4) is 0 Å². The summed E-state index contributed by atoms with van der Waals surface area (Å²) in [6.07, 6.45) is 1.27. The monoisotopic (exact) mass is 164 g/mol. The topological polar surface area (TPSA) is 15.3 Å². The minimum Gasteiger partial charge on any atom is -0.314 e. The fourth-order valence-electron chi connectivity index (χ4n) is 1.32. The smallest absolute Gasteiger partial charge is 0.0215 e. The third-order valence-corrected chi connectivity index (χ3v) is 2.12. The predicted octanol–water partition coefficient (Wildman–Crippen LogP) is 0.722. The lowest BCUT2D eigenvalue weighted by Crippen LogP contribution is -2.48. The zero-order chi connectivity index (χ0) is 6.69. The Morgan fingerprint density at radius 1 is 1.60 bits per heavy atom. The maximum absolute atomic E-state index is 3.37. The number of hydrogen-bond acceptors (Lipinski definition) is 2. The molecule has 1 rings (SSSR count). The summed E-state index contributed by atoms with van der Waals surface area (Å²) >= 11 is 0. The molecule has 1 atom stereocenters. The Labute approximate surface area is 69.4 Å². The zero-order valence-electron chi connectivity index (χ0n) is 6.76. The highest BCUT2D eigenvalue weighted by Gasteiger charge is 2.15. The van der Waals surface area contributed by atoms with Gasteiger partial charge in [0.1, 0.15) is 0 Å². The molecule has 0 aromatic carbocycles. The van der Waals surface area contributed by atoms with Crippen LogP contribution in [0.2, 0.25) is 0 Å². The lowest BCUT2D eigenvalue weighted by Gasteiger charge is -2.32. The van der Waals surface area contributed by atoms with Gasteiger partial charge in [0.2, 0.25) is 0 Å². The summed E-state index contributed by atoms with van der Waals surface area (Å²) < 4.78 is 0. The molecule has 0 radical (unpaired) electrons. The Balaban J connectivity index is 0.000000810. The van der Waals surface area contributed by atoms with Gasteiger partial charge in [-0.05, 0) is 13.5 Å². The first-order chi connectivity index (χ1) is 4.34. The Hall–Kier alpha value is 0.210. The van der Waals surface area contributed by atoms with E-state index >= 15 is 0 Å². The van der Waals surface area contributed by atoms with E-state index in [0.717, 1.165) is 12.6 Å². The molecule has 1 N–H and O–H groups in total. The van der Waals surface area contributed by atoms with Gasteiger partial charge in [-0.3, -0.25) is 0 Å². The van der Waals surface area contributed by atoms with Crippen LogP contribution in [0.25, 0.3) is 0 Å². The van der Waals surface area contributed by atoms with Gasteiger partial charge in [-0.2, -0.15) is 0 Å². The first-order valence-corrected chi connectivity index (χ1v) is 3.75. The first-order valence-electron chi connectivity index (χ1n) is 3.75. The number of piperazine rings is 1. The average molecular weight is 165 g/mol. The van der Waals surface area contributed by atoms with Crippen molar-refractivity contribution in [2.24, 2.45) is 0 Å². The number of nitrogens with zero attached hydrogens (tertiary/aromatic N) is 1. The number of hydrogen-bond donors (Lipinski definition) is 1. The van der Waals surface area contributed by atoms with Crippen LogP contribution in [0.1, 0.15) is 13.3 Å². The van der Waals surface area contributed by atoms with Gasteiger partial charge < -0.3 is 10.2 Å². The van der Waals surface area contributed by atoms with Crippen LogP contribution in [0.15, 0.2) is 0 Å². The Morgan fingerprint density at radius 2 is 2.30 bits per heavy atom. The summed E-state index contributed by atoms with van der Waals surface area (Å²) in [6.45, 7) is 5.78. The van der Waals surface area contributed by atoms with Crippen LogP contribution in [0.5, 0.6) is 0 Å². The molecule has 3 heteroatoms. The van der Waals surface area contributed by atoms with Crippen LogP contribution >= 0.6 is 12.4 Å². The molecular weight excluding hydrogens is 148 g/mol. The summed E-state index contributed by atoms with van der Waals surface area (Å²) in [4.78, 5) is 2.43. The summed E-state index contributed by atoms with van der Waals surface area (Å²) in [5.74, 6) is 0. The van der Waals surface area contributed by atoms with Crippen LogP contribution in [-0.2, 0) is 0 Å². The third kappa shape index (κ3) is 2.45. The maximum atomic E-state index is 3.37. The fourth-order valence-corrected chi connectivity index (χ4v) is 1.32. The van der Waals surface area contributed by atoms with E-state index in [1.807, 2.05) is 0 Å². The molecule has 0 aromatic heterocycles. The van der Waals surface area contributed by atoms with Crippen molar-refractivity contribution in [1.82, 2.24) is 10.2 Å². The second-order valence-corrected chi connectivity index (χ2v) is 2.75. The summed E-state index contributed by atoms with van der Waals surface area (Å²) in [5, 5.41) is 3.37. The van der Waals surface area contributed by atoms with Crippen LogP contribution in [0.4, 0.5) is 0 Å². The van der Waals surface area contributed by atoms with E-state index in [0.29, 0.717) is 0 Å². The van der Waals surface area contributed by atoms with Crippen molar-refractivity contribution >= 4 is 12.4 Å². The lowest BCUT2D eigenvalue weighted by atomic mass is 10.1. The van der Waals surface area contributed by atoms with Gasteiger partial charge in [-0.15, -0.1) is 12.4 Å². The van der Waals surface area contributed by atoms with E-state index in [1.165, 1.54) is 19.5 Å². The lowest BCUT2D eigenvalue weighted by molar-refractivity contribution is 0.195. The number of rotatable bonds is 1. The Morgan fingerprint density at radius 3 is 2.70 bits per heavy atom. The summed E-state index contributed by atoms with van der Waals surface area (Å²) in [6, 6.07) is 0.777. The molecule has 1 heterocycles. The SMILES string of the molecule is CC[C@@H]1CNCCN1C.Cl. The van der Waals surface area contributed by atoms with Gasteiger partial charge in [0.05, 0.1) is 0 Å². The highest BCUT2D eigenvalue weighted by molar-refractivity contribution is 5.85. The van der Waals surface area contributed by atoms with Crippen molar-refractivity contribution in [2.45, 2.75) is 19.4 Å². The normalized spacial score (nSPS) is 27.6. The van der Waals surface area contributed by atoms with Crippen molar-refractivity contribution in [1.29, 1.82) is 0 Å². The molecule has 0 unspecified atom stereocenters. The standard InChI is InChI=1S/C7H16N2.ClH/c1-3-7-6-8-4-5-9(7)2;/h7-8H,3-6H2,1-2H3;1H/t7-;/m1./s1. The highest BCUT2D eigenvalue weighted by atomic mass is 35.5. The summed E-state index contributed by atoms with van der Waals surface area (Å²) in [5.41, 5.74) is 0. The highest BCUT2D eigenvalue weighted by Crippen LogP contribution is 2.02.